The number of carbonyl (C=O) groups excluding carboxylic acids is 1. The lowest BCUT2D eigenvalue weighted by molar-refractivity contribution is -0.122. The summed E-state index contributed by atoms with van der Waals surface area (Å²) in [6, 6.07) is 2.14. The van der Waals surface area contributed by atoms with Gasteiger partial charge >= 0.3 is 0 Å². The molecular weight excluding hydrogens is 256 g/mol. The first-order valence-electron chi connectivity index (χ1n) is 7.24. The third kappa shape index (κ3) is 4.05. The standard InChI is InChI=1S/C15H24N2OS/c1-2-12-6-9-19-13(12)11-17-14(18)10-15(16)7-4-3-5-8-15/h6,9H,2-5,7-8,10-11,16H2,1H3,(H,17,18). The van der Waals surface area contributed by atoms with Gasteiger partial charge in [-0.1, -0.05) is 26.2 Å². The van der Waals surface area contributed by atoms with E-state index in [9.17, 15) is 4.79 Å². The van der Waals surface area contributed by atoms with E-state index in [-0.39, 0.29) is 11.4 Å². The number of hydrogen-bond donors (Lipinski definition) is 2. The summed E-state index contributed by atoms with van der Waals surface area (Å²) in [6.45, 7) is 2.79. The maximum absolute atomic E-state index is 12.0. The van der Waals surface area contributed by atoms with Crippen LogP contribution in [0.5, 0.6) is 0 Å². The first-order chi connectivity index (χ1) is 9.13. The summed E-state index contributed by atoms with van der Waals surface area (Å²) in [5.41, 5.74) is 7.39. The van der Waals surface area contributed by atoms with Gasteiger partial charge in [0, 0.05) is 16.8 Å². The molecule has 1 aromatic rings. The number of hydrogen-bond acceptors (Lipinski definition) is 3. The molecule has 106 valence electrons. The Balaban J connectivity index is 1.81. The Bertz CT molecular complexity index is 422. The third-order valence-electron chi connectivity index (χ3n) is 4.03. The minimum Gasteiger partial charge on any atom is -0.351 e. The summed E-state index contributed by atoms with van der Waals surface area (Å²) >= 11 is 1.72. The first-order valence-corrected chi connectivity index (χ1v) is 8.12. The molecule has 0 saturated heterocycles. The van der Waals surface area contributed by atoms with Crippen LogP contribution in [0.25, 0.3) is 0 Å². The van der Waals surface area contributed by atoms with Crippen molar-refractivity contribution in [3.63, 3.8) is 0 Å². The molecule has 1 heterocycles. The van der Waals surface area contributed by atoms with E-state index in [1.807, 2.05) is 0 Å². The second-order valence-electron chi connectivity index (χ2n) is 5.60. The molecule has 1 fully saturated rings. The van der Waals surface area contributed by atoms with Crippen LogP contribution >= 0.6 is 11.3 Å². The highest BCUT2D eigenvalue weighted by Crippen LogP contribution is 2.28. The monoisotopic (exact) mass is 280 g/mol. The minimum atomic E-state index is -0.259. The van der Waals surface area contributed by atoms with Gasteiger partial charge < -0.3 is 11.1 Å². The van der Waals surface area contributed by atoms with Crippen LogP contribution in [0.4, 0.5) is 0 Å². The second kappa shape index (κ2) is 6.53. The molecule has 0 aliphatic heterocycles. The smallest absolute Gasteiger partial charge is 0.222 e. The predicted molar refractivity (Wildman–Crippen MR) is 80.2 cm³/mol. The Hall–Kier alpha value is -0.870. The summed E-state index contributed by atoms with van der Waals surface area (Å²) in [5.74, 6) is 0.0971. The SMILES string of the molecule is CCc1ccsc1CNC(=O)CC1(N)CCCCC1. The summed E-state index contributed by atoms with van der Waals surface area (Å²) in [7, 11) is 0. The van der Waals surface area contributed by atoms with E-state index in [2.05, 4.69) is 23.7 Å². The van der Waals surface area contributed by atoms with Crippen molar-refractivity contribution in [2.24, 2.45) is 5.73 Å². The quantitative estimate of drug-likeness (QED) is 0.871. The average Bonchev–Trinajstić information content (AvgIpc) is 2.84. The lowest BCUT2D eigenvalue weighted by Gasteiger charge is -2.32. The van der Waals surface area contributed by atoms with E-state index in [0.717, 1.165) is 32.1 Å². The highest BCUT2D eigenvalue weighted by atomic mass is 32.1. The Morgan fingerprint density at radius 3 is 2.84 bits per heavy atom. The minimum absolute atomic E-state index is 0.0971. The van der Waals surface area contributed by atoms with Crippen LogP contribution in [-0.4, -0.2) is 11.4 Å². The van der Waals surface area contributed by atoms with Crippen LogP contribution in [0, 0.1) is 0 Å². The molecule has 4 heteroatoms. The van der Waals surface area contributed by atoms with Gasteiger partial charge in [0.25, 0.3) is 0 Å². The number of nitrogens with one attached hydrogen (secondary N) is 1. The van der Waals surface area contributed by atoms with Gasteiger partial charge in [-0.25, -0.2) is 0 Å². The van der Waals surface area contributed by atoms with Gasteiger partial charge in [0.05, 0.1) is 6.54 Å². The molecule has 1 aliphatic rings. The van der Waals surface area contributed by atoms with E-state index in [0.29, 0.717) is 13.0 Å². The average molecular weight is 280 g/mol. The molecule has 1 aliphatic carbocycles. The van der Waals surface area contributed by atoms with E-state index in [4.69, 9.17) is 5.73 Å². The van der Waals surface area contributed by atoms with Gasteiger partial charge in [0.15, 0.2) is 0 Å². The third-order valence-corrected chi connectivity index (χ3v) is 4.99. The maximum Gasteiger partial charge on any atom is 0.222 e. The normalized spacial score (nSPS) is 18.2. The molecule has 3 nitrogen and oxygen atoms in total. The molecular formula is C15H24N2OS. The molecule has 0 atom stereocenters. The molecule has 1 aromatic heterocycles. The zero-order valence-electron chi connectivity index (χ0n) is 11.7. The van der Waals surface area contributed by atoms with Crippen LogP contribution in [0.1, 0.15) is 55.9 Å². The zero-order chi connectivity index (χ0) is 13.7. The largest absolute Gasteiger partial charge is 0.351 e. The molecule has 0 bridgehead atoms. The van der Waals surface area contributed by atoms with Crippen molar-refractivity contribution in [1.29, 1.82) is 0 Å². The Morgan fingerprint density at radius 1 is 1.42 bits per heavy atom. The van der Waals surface area contributed by atoms with Gasteiger partial charge in [-0.2, -0.15) is 0 Å². The number of nitrogens with two attached hydrogens (primary N) is 1. The lowest BCUT2D eigenvalue weighted by Crippen LogP contribution is -2.45. The number of carbonyl (C=O) groups is 1. The number of thiophene rings is 1. The van der Waals surface area contributed by atoms with Crippen molar-refractivity contribution in [3.05, 3.63) is 21.9 Å². The fraction of sp³-hybridized carbons (Fsp3) is 0.667. The van der Waals surface area contributed by atoms with Gasteiger partial charge in [0.2, 0.25) is 5.91 Å². The van der Waals surface area contributed by atoms with E-state index < -0.39 is 0 Å². The van der Waals surface area contributed by atoms with Crippen LogP contribution in [-0.2, 0) is 17.8 Å². The first kappa shape index (κ1) is 14.5. The van der Waals surface area contributed by atoms with Crippen LogP contribution in [0.2, 0.25) is 0 Å². The van der Waals surface area contributed by atoms with Crippen molar-refractivity contribution >= 4 is 17.2 Å². The Kier molecular flexibility index (Phi) is 4.99. The molecule has 19 heavy (non-hydrogen) atoms. The molecule has 0 unspecified atom stereocenters. The zero-order valence-corrected chi connectivity index (χ0v) is 12.5. The van der Waals surface area contributed by atoms with Crippen LogP contribution in [0.3, 0.4) is 0 Å². The topological polar surface area (TPSA) is 55.1 Å². The lowest BCUT2D eigenvalue weighted by atomic mass is 9.80. The highest BCUT2D eigenvalue weighted by Gasteiger charge is 2.29. The molecule has 1 saturated carbocycles. The van der Waals surface area contributed by atoms with Crippen molar-refractivity contribution in [2.75, 3.05) is 0 Å². The number of aryl methyl sites for hydroxylation is 1. The van der Waals surface area contributed by atoms with E-state index >= 15 is 0 Å². The summed E-state index contributed by atoms with van der Waals surface area (Å²) in [5, 5.41) is 5.11. The van der Waals surface area contributed by atoms with Gasteiger partial charge in [0.1, 0.15) is 0 Å². The fourth-order valence-electron chi connectivity index (χ4n) is 2.83. The van der Waals surface area contributed by atoms with E-state index in [1.54, 1.807) is 11.3 Å². The Labute approximate surface area is 119 Å². The highest BCUT2D eigenvalue weighted by molar-refractivity contribution is 7.10. The van der Waals surface area contributed by atoms with Crippen LogP contribution < -0.4 is 11.1 Å². The summed E-state index contributed by atoms with van der Waals surface area (Å²) < 4.78 is 0. The number of rotatable bonds is 5. The molecule has 0 aromatic carbocycles. The summed E-state index contributed by atoms with van der Waals surface area (Å²) in [6.07, 6.45) is 7.05. The van der Waals surface area contributed by atoms with Crippen molar-refractivity contribution < 1.29 is 4.79 Å². The van der Waals surface area contributed by atoms with Crippen LogP contribution in [0.15, 0.2) is 11.4 Å². The summed E-state index contributed by atoms with van der Waals surface area (Å²) in [4.78, 5) is 13.3. The van der Waals surface area contributed by atoms with Crippen molar-refractivity contribution in [1.82, 2.24) is 5.32 Å². The molecule has 1 amide bonds. The van der Waals surface area contributed by atoms with Crippen molar-refractivity contribution in [3.8, 4) is 0 Å². The number of amides is 1. The molecule has 3 N–H and O–H groups in total. The second-order valence-corrected chi connectivity index (χ2v) is 6.60. The van der Waals surface area contributed by atoms with Gasteiger partial charge in [-0.3, -0.25) is 4.79 Å². The Morgan fingerprint density at radius 2 is 2.16 bits per heavy atom. The van der Waals surface area contributed by atoms with E-state index in [1.165, 1.54) is 16.9 Å². The maximum atomic E-state index is 12.0. The molecule has 2 rings (SSSR count). The fourth-order valence-corrected chi connectivity index (χ4v) is 3.75. The van der Waals surface area contributed by atoms with Gasteiger partial charge in [-0.15, -0.1) is 11.3 Å². The van der Waals surface area contributed by atoms with Gasteiger partial charge in [-0.05, 0) is 36.3 Å². The molecule has 0 radical (unpaired) electrons. The predicted octanol–water partition coefficient (Wildman–Crippen LogP) is 2.98. The molecule has 0 spiro atoms. The van der Waals surface area contributed by atoms with Crippen molar-refractivity contribution in [2.45, 2.75) is 64.0 Å².